The van der Waals surface area contributed by atoms with Crippen LogP contribution in [0.15, 0.2) is 64.3 Å². The fraction of sp³-hybridized carbons (Fsp3) is 0.360. The molecule has 3 rings (SSSR count). The molecule has 1 N–H and O–H groups in total. The number of hydrogen-bond donors (Lipinski definition) is 1. The van der Waals surface area contributed by atoms with Gasteiger partial charge in [0.2, 0.25) is 0 Å². The molecule has 0 atom stereocenters. The largest absolute Gasteiger partial charge is 0.352 e. The minimum absolute atomic E-state index is 0.0529. The van der Waals surface area contributed by atoms with Crippen LogP contribution in [0.25, 0.3) is 5.69 Å². The highest BCUT2D eigenvalue weighted by atomic mass is 32.2. The number of anilines is 1. The topological polar surface area (TPSA) is 93.4 Å². The molecule has 0 aliphatic heterocycles. The van der Waals surface area contributed by atoms with E-state index in [1.165, 1.54) is 29.9 Å². The van der Waals surface area contributed by atoms with E-state index in [1.54, 1.807) is 36.9 Å². The number of unbranched alkanes of at least 4 members (excludes halogenated alkanes) is 3. The van der Waals surface area contributed by atoms with E-state index in [0.29, 0.717) is 17.9 Å². The molecule has 3 aromatic rings. The molecule has 9 heteroatoms. The molecular weight excluding hydrogens is 452 g/mol. The van der Waals surface area contributed by atoms with Gasteiger partial charge in [-0.15, -0.1) is 0 Å². The van der Waals surface area contributed by atoms with Crippen molar-refractivity contribution in [2.75, 3.05) is 17.9 Å². The summed E-state index contributed by atoms with van der Waals surface area (Å²) >= 11 is 0. The number of amides is 1. The number of carbonyl (C=O) groups excluding carboxylic acids is 1. The summed E-state index contributed by atoms with van der Waals surface area (Å²) in [5.74, 6) is -0.321. The number of para-hydroxylation sites is 1. The summed E-state index contributed by atoms with van der Waals surface area (Å²) in [6, 6.07) is 14.9. The van der Waals surface area contributed by atoms with E-state index in [0.717, 1.165) is 30.0 Å². The molecular formula is C25H32N4O4S. The zero-order chi connectivity index (χ0) is 24.9. The number of aromatic nitrogens is 2. The Morgan fingerprint density at radius 1 is 1.03 bits per heavy atom. The standard InChI is InChI=1S/C25H32N4O4S/c1-5-6-7-11-17-26-24(30)20-13-12-16-22(18-20)34(32,33)28(4)23-19(2)27(3)29(25(23)31)21-14-9-8-10-15-21/h8-10,12-16,18H,5-7,11,17H2,1-4H3,(H,26,30). The number of sulfonamides is 1. The lowest BCUT2D eigenvalue weighted by Gasteiger charge is -2.18. The average molecular weight is 485 g/mol. The van der Waals surface area contributed by atoms with Crippen molar-refractivity contribution in [3.05, 3.63) is 76.2 Å². The van der Waals surface area contributed by atoms with Crippen LogP contribution < -0.4 is 15.2 Å². The van der Waals surface area contributed by atoms with E-state index in [-0.39, 0.29) is 22.1 Å². The van der Waals surface area contributed by atoms with Crippen LogP contribution in [0.1, 0.15) is 48.7 Å². The molecule has 0 unspecified atom stereocenters. The van der Waals surface area contributed by atoms with Gasteiger partial charge in [-0.25, -0.2) is 13.1 Å². The Hall–Kier alpha value is -3.33. The highest BCUT2D eigenvalue weighted by Gasteiger charge is 2.29. The predicted octanol–water partition coefficient (Wildman–Crippen LogP) is 3.62. The third kappa shape index (κ3) is 5.09. The highest BCUT2D eigenvalue weighted by molar-refractivity contribution is 7.92. The van der Waals surface area contributed by atoms with Crippen LogP contribution in [0.5, 0.6) is 0 Å². The smallest absolute Gasteiger partial charge is 0.296 e. The van der Waals surface area contributed by atoms with Crippen LogP contribution >= 0.6 is 0 Å². The summed E-state index contributed by atoms with van der Waals surface area (Å²) in [6.07, 6.45) is 4.13. The highest BCUT2D eigenvalue weighted by Crippen LogP contribution is 2.24. The number of hydrogen-bond acceptors (Lipinski definition) is 4. The Morgan fingerprint density at radius 3 is 2.41 bits per heavy atom. The first-order valence-electron chi connectivity index (χ1n) is 11.4. The van der Waals surface area contributed by atoms with Crippen molar-refractivity contribution in [2.24, 2.45) is 7.05 Å². The molecule has 2 aromatic carbocycles. The summed E-state index contributed by atoms with van der Waals surface area (Å²) in [5.41, 5.74) is 1.00. The molecule has 1 heterocycles. The molecule has 0 bridgehead atoms. The third-order valence-electron chi connectivity index (χ3n) is 5.91. The molecule has 182 valence electrons. The Bertz CT molecular complexity index is 1310. The van der Waals surface area contributed by atoms with E-state index < -0.39 is 15.6 Å². The molecule has 0 aliphatic carbocycles. The number of rotatable bonds is 10. The lowest BCUT2D eigenvalue weighted by Crippen LogP contribution is -2.32. The summed E-state index contributed by atoms with van der Waals surface area (Å²) in [5, 5.41) is 2.84. The van der Waals surface area contributed by atoms with Gasteiger partial charge in [-0.05, 0) is 43.7 Å². The first-order valence-corrected chi connectivity index (χ1v) is 12.8. The van der Waals surface area contributed by atoms with Crippen molar-refractivity contribution in [2.45, 2.75) is 44.4 Å². The Kier molecular flexibility index (Phi) is 7.98. The monoisotopic (exact) mass is 484 g/mol. The van der Waals surface area contributed by atoms with Gasteiger partial charge < -0.3 is 5.32 Å². The van der Waals surface area contributed by atoms with Gasteiger partial charge in [-0.3, -0.25) is 18.6 Å². The zero-order valence-electron chi connectivity index (χ0n) is 20.1. The molecule has 0 saturated heterocycles. The van der Waals surface area contributed by atoms with Gasteiger partial charge in [0.15, 0.2) is 0 Å². The number of nitrogens with zero attached hydrogens (tertiary/aromatic N) is 3. The molecule has 0 fully saturated rings. The van der Waals surface area contributed by atoms with Gasteiger partial charge in [-0.1, -0.05) is 50.5 Å². The quantitative estimate of drug-likeness (QED) is 0.445. The summed E-state index contributed by atoms with van der Waals surface area (Å²) in [6.45, 7) is 4.36. The van der Waals surface area contributed by atoms with E-state index >= 15 is 0 Å². The van der Waals surface area contributed by atoms with Gasteiger partial charge >= 0.3 is 0 Å². The van der Waals surface area contributed by atoms with Crippen LogP contribution in [-0.4, -0.2) is 37.3 Å². The molecule has 0 spiro atoms. The average Bonchev–Trinajstić information content (AvgIpc) is 3.06. The molecule has 1 aromatic heterocycles. The summed E-state index contributed by atoms with van der Waals surface area (Å²) in [4.78, 5) is 25.8. The van der Waals surface area contributed by atoms with Crippen LogP contribution in [0.4, 0.5) is 5.69 Å². The maximum absolute atomic E-state index is 13.4. The summed E-state index contributed by atoms with van der Waals surface area (Å²) in [7, 11) is -1.02. The van der Waals surface area contributed by atoms with Crippen molar-refractivity contribution < 1.29 is 13.2 Å². The third-order valence-corrected chi connectivity index (χ3v) is 7.66. The molecule has 0 aliphatic rings. The van der Waals surface area contributed by atoms with E-state index in [9.17, 15) is 18.0 Å². The number of nitrogens with one attached hydrogen (secondary N) is 1. The number of benzene rings is 2. The Labute approximate surface area is 200 Å². The van der Waals surface area contributed by atoms with Gasteiger partial charge in [0.1, 0.15) is 5.69 Å². The van der Waals surface area contributed by atoms with Crippen LogP contribution in [-0.2, 0) is 17.1 Å². The lowest BCUT2D eigenvalue weighted by atomic mass is 10.2. The van der Waals surface area contributed by atoms with Gasteiger partial charge in [0.05, 0.1) is 16.3 Å². The minimum Gasteiger partial charge on any atom is -0.352 e. The van der Waals surface area contributed by atoms with Gasteiger partial charge in [-0.2, -0.15) is 0 Å². The van der Waals surface area contributed by atoms with E-state index in [2.05, 4.69) is 12.2 Å². The SMILES string of the molecule is CCCCCCNC(=O)c1cccc(S(=O)(=O)N(C)c2c(C)n(C)n(-c3ccccc3)c2=O)c1. The van der Waals surface area contributed by atoms with Crippen molar-refractivity contribution in [1.29, 1.82) is 0 Å². The van der Waals surface area contributed by atoms with Crippen molar-refractivity contribution in [3.63, 3.8) is 0 Å². The van der Waals surface area contributed by atoms with Crippen LogP contribution in [0.2, 0.25) is 0 Å². The van der Waals surface area contributed by atoms with Gasteiger partial charge in [0.25, 0.3) is 21.5 Å². The van der Waals surface area contributed by atoms with Gasteiger partial charge in [0, 0.05) is 26.2 Å². The van der Waals surface area contributed by atoms with Crippen molar-refractivity contribution in [3.8, 4) is 5.69 Å². The Balaban J connectivity index is 1.90. The van der Waals surface area contributed by atoms with Crippen molar-refractivity contribution in [1.82, 2.24) is 14.7 Å². The fourth-order valence-electron chi connectivity index (χ4n) is 3.85. The maximum Gasteiger partial charge on any atom is 0.296 e. The number of carbonyl (C=O) groups is 1. The van der Waals surface area contributed by atoms with E-state index in [1.807, 2.05) is 18.2 Å². The second kappa shape index (κ2) is 10.7. The Morgan fingerprint density at radius 2 is 1.74 bits per heavy atom. The molecule has 1 amide bonds. The fourth-order valence-corrected chi connectivity index (χ4v) is 5.14. The summed E-state index contributed by atoms with van der Waals surface area (Å²) < 4.78 is 30.9. The maximum atomic E-state index is 13.4. The molecule has 34 heavy (non-hydrogen) atoms. The second-order valence-electron chi connectivity index (χ2n) is 8.23. The minimum atomic E-state index is -4.08. The normalized spacial score (nSPS) is 11.4. The van der Waals surface area contributed by atoms with Crippen LogP contribution in [0.3, 0.4) is 0 Å². The van der Waals surface area contributed by atoms with E-state index in [4.69, 9.17) is 0 Å². The predicted molar refractivity (Wildman–Crippen MR) is 134 cm³/mol. The lowest BCUT2D eigenvalue weighted by molar-refractivity contribution is 0.0952. The molecule has 8 nitrogen and oxygen atoms in total. The zero-order valence-corrected chi connectivity index (χ0v) is 20.9. The molecule has 0 saturated carbocycles. The first kappa shape index (κ1) is 25.3. The van der Waals surface area contributed by atoms with Crippen LogP contribution in [0, 0.1) is 6.92 Å². The molecule has 0 radical (unpaired) electrons. The first-order chi connectivity index (χ1) is 16.2. The van der Waals surface area contributed by atoms with Crippen molar-refractivity contribution >= 4 is 21.6 Å². The second-order valence-corrected chi connectivity index (χ2v) is 10.2.